The fourth-order valence-corrected chi connectivity index (χ4v) is 4.89. The molecule has 5 aromatic rings. The number of anilines is 1. The number of rotatable bonds is 6. The van der Waals surface area contributed by atoms with E-state index >= 15 is 0 Å². The van der Waals surface area contributed by atoms with Crippen LogP contribution in [-0.2, 0) is 19.1 Å². The highest BCUT2D eigenvalue weighted by atomic mass is 35.5. The SMILES string of the molecule is FC(F)(F)c1cccc2c(-c3cccc(NCc4cc(Cl)nc(Cl)c4)c3)c(Cc3ccccc3)cnc12. The van der Waals surface area contributed by atoms with Gasteiger partial charge >= 0.3 is 6.18 Å². The summed E-state index contributed by atoms with van der Waals surface area (Å²) in [6.45, 7) is 0.442. The van der Waals surface area contributed by atoms with E-state index < -0.39 is 11.7 Å². The van der Waals surface area contributed by atoms with Crippen LogP contribution in [0.1, 0.15) is 22.3 Å². The van der Waals surface area contributed by atoms with Gasteiger partial charge in [0.25, 0.3) is 0 Å². The first-order valence-corrected chi connectivity index (χ1v) is 12.2. The number of halogens is 5. The Kier molecular flexibility index (Phi) is 7.04. The molecule has 186 valence electrons. The molecule has 0 bridgehead atoms. The average Bonchev–Trinajstić information content (AvgIpc) is 2.86. The zero-order valence-electron chi connectivity index (χ0n) is 19.4. The van der Waals surface area contributed by atoms with Crippen LogP contribution in [0.15, 0.2) is 91.1 Å². The van der Waals surface area contributed by atoms with Crippen molar-refractivity contribution < 1.29 is 13.2 Å². The number of nitrogens with one attached hydrogen (secondary N) is 1. The molecule has 0 aliphatic rings. The van der Waals surface area contributed by atoms with E-state index in [1.165, 1.54) is 6.07 Å². The highest BCUT2D eigenvalue weighted by Crippen LogP contribution is 2.39. The van der Waals surface area contributed by atoms with E-state index in [1.807, 2.05) is 54.6 Å². The quantitative estimate of drug-likeness (QED) is 0.220. The third kappa shape index (κ3) is 5.71. The molecule has 2 aromatic heterocycles. The van der Waals surface area contributed by atoms with Crippen molar-refractivity contribution in [3.8, 4) is 11.1 Å². The molecule has 0 unspecified atom stereocenters. The second-order valence-electron chi connectivity index (χ2n) is 8.58. The summed E-state index contributed by atoms with van der Waals surface area (Å²) in [5.41, 5.74) is 4.21. The Hall–Kier alpha value is -3.61. The third-order valence-electron chi connectivity index (χ3n) is 5.99. The number of alkyl halides is 3. The highest BCUT2D eigenvalue weighted by Gasteiger charge is 2.33. The number of benzene rings is 3. The lowest BCUT2D eigenvalue weighted by Gasteiger charge is -2.17. The highest BCUT2D eigenvalue weighted by molar-refractivity contribution is 6.32. The van der Waals surface area contributed by atoms with Gasteiger partial charge in [-0.15, -0.1) is 0 Å². The first kappa shape index (κ1) is 25.1. The van der Waals surface area contributed by atoms with E-state index in [1.54, 1.807) is 24.4 Å². The van der Waals surface area contributed by atoms with Gasteiger partial charge in [-0.1, -0.05) is 77.8 Å². The molecule has 3 aromatic carbocycles. The molecular weight excluding hydrogens is 518 g/mol. The van der Waals surface area contributed by atoms with E-state index in [4.69, 9.17) is 23.2 Å². The van der Waals surface area contributed by atoms with Gasteiger partial charge in [-0.2, -0.15) is 13.2 Å². The van der Waals surface area contributed by atoms with Crippen molar-refractivity contribution in [1.29, 1.82) is 0 Å². The molecule has 0 aliphatic carbocycles. The number of para-hydroxylation sites is 1. The molecule has 0 aliphatic heterocycles. The van der Waals surface area contributed by atoms with Crippen LogP contribution in [0.25, 0.3) is 22.0 Å². The maximum Gasteiger partial charge on any atom is 0.418 e. The Bertz CT molecular complexity index is 1550. The van der Waals surface area contributed by atoms with E-state index in [2.05, 4.69) is 15.3 Å². The molecule has 8 heteroatoms. The van der Waals surface area contributed by atoms with Gasteiger partial charge in [0.1, 0.15) is 10.3 Å². The molecule has 0 amide bonds. The van der Waals surface area contributed by atoms with Crippen LogP contribution in [0.5, 0.6) is 0 Å². The minimum absolute atomic E-state index is 0.0683. The van der Waals surface area contributed by atoms with Gasteiger partial charge in [-0.05, 0) is 64.6 Å². The predicted octanol–water partition coefficient (Wildman–Crippen LogP) is 8.83. The minimum atomic E-state index is -4.51. The lowest BCUT2D eigenvalue weighted by molar-refractivity contribution is -0.136. The summed E-state index contributed by atoms with van der Waals surface area (Å²) in [5.74, 6) is 0. The predicted molar refractivity (Wildman–Crippen MR) is 143 cm³/mol. The summed E-state index contributed by atoms with van der Waals surface area (Å²) in [6, 6.07) is 25.0. The van der Waals surface area contributed by atoms with Crippen molar-refractivity contribution in [2.75, 3.05) is 5.32 Å². The normalized spacial score (nSPS) is 11.6. The Labute approximate surface area is 221 Å². The van der Waals surface area contributed by atoms with E-state index in [9.17, 15) is 13.2 Å². The first-order valence-electron chi connectivity index (χ1n) is 11.5. The van der Waals surface area contributed by atoms with Crippen LogP contribution in [0.4, 0.5) is 18.9 Å². The zero-order chi connectivity index (χ0) is 26.0. The Morgan fingerprint density at radius 1 is 0.784 bits per heavy atom. The maximum absolute atomic E-state index is 13.8. The molecule has 0 fully saturated rings. The summed E-state index contributed by atoms with van der Waals surface area (Å²) >= 11 is 12.0. The number of aromatic nitrogens is 2. The van der Waals surface area contributed by atoms with Gasteiger partial charge in [0, 0.05) is 23.8 Å². The second kappa shape index (κ2) is 10.4. The lowest BCUT2D eigenvalue weighted by Crippen LogP contribution is -2.07. The number of pyridine rings is 2. The van der Waals surface area contributed by atoms with E-state index in [0.717, 1.165) is 39.6 Å². The second-order valence-corrected chi connectivity index (χ2v) is 9.35. The molecule has 0 atom stereocenters. The molecule has 37 heavy (non-hydrogen) atoms. The monoisotopic (exact) mass is 537 g/mol. The summed E-state index contributed by atoms with van der Waals surface area (Å²) < 4.78 is 41.4. The molecular formula is C29H20Cl2F3N3. The van der Waals surface area contributed by atoms with Gasteiger partial charge in [-0.25, -0.2) is 4.98 Å². The van der Waals surface area contributed by atoms with Crippen molar-refractivity contribution in [3.05, 3.63) is 124 Å². The van der Waals surface area contributed by atoms with Crippen molar-refractivity contribution in [2.24, 2.45) is 0 Å². The lowest BCUT2D eigenvalue weighted by atomic mass is 9.91. The summed E-state index contributed by atoms with van der Waals surface area (Å²) in [7, 11) is 0. The Balaban J connectivity index is 1.60. The molecule has 0 saturated carbocycles. The molecule has 0 spiro atoms. The summed E-state index contributed by atoms with van der Waals surface area (Å²) in [4.78, 5) is 8.24. The molecule has 2 heterocycles. The van der Waals surface area contributed by atoms with Gasteiger partial charge in [0.2, 0.25) is 0 Å². The van der Waals surface area contributed by atoms with Crippen molar-refractivity contribution >= 4 is 39.8 Å². The van der Waals surface area contributed by atoms with Crippen molar-refractivity contribution in [1.82, 2.24) is 9.97 Å². The molecule has 3 nitrogen and oxygen atoms in total. The standard InChI is InChI=1S/C29H20Cl2F3N3/c30-25-13-19(14-26(31)37-25)16-35-22-9-4-8-20(15-22)27-21(12-18-6-2-1-3-7-18)17-36-28-23(27)10-5-11-24(28)29(32,33)34/h1-11,13-15,17,35H,12,16H2. The maximum atomic E-state index is 13.8. The molecule has 0 radical (unpaired) electrons. The molecule has 0 saturated heterocycles. The van der Waals surface area contributed by atoms with Gasteiger partial charge in [-0.3, -0.25) is 4.98 Å². The number of nitrogens with zero attached hydrogens (tertiary/aromatic N) is 2. The Morgan fingerprint density at radius 2 is 1.51 bits per heavy atom. The minimum Gasteiger partial charge on any atom is -0.381 e. The van der Waals surface area contributed by atoms with Crippen LogP contribution in [0.3, 0.4) is 0 Å². The van der Waals surface area contributed by atoms with Gasteiger partial charge < -0.3 is 5.32 Å². The summed E-state index contributed by atoms with van der Waals surface area (Å²) in [5, 5.41) is 4.39. The molecule has 1 N–H and O–H groups in total. The number of hydrogen-bond donors (Lipinski definition) is 1. The van der Waals surface area contributed by atoms with Gasteiger partial charge in [0.15, 0.2) is 0 Å². The average molecular weight is 538 g/mol. The van der Waals surface area contributed by atoms with E-state index in [-0.39, 0.29) is 5.52 Å². The van der Waals surface area contributed by atoms with Crippen molar-refractivity contribution in [2.45, 2.75) is 19.1 Å². The smallest absolute Gasteiger partial charge is 0.381 e. The fourth-order valence-electron chi connectivity index (χ4n) is 4.39. The largest absolute Gasteiger partial charge is 0.418 e. The van der Waals surface area contributed by atoms with Crippen LogP contribution < -0.4 is 5.32 Å². The topological polar surface area (TPSA) is 37.8 Å². The van der Waals surface area contributed by atoms with Crippen LogP contribution >= 0.6 is 23.2 Å². The summed E-state index contributed by atoms with van der Waals surface area (Å²) in [6.07, 6.45) is -2.43. The van der Waals surface area contributed by atoms with E-state index in [0.29, 0.717) is 28.7 Å². The molecule has 5 rings (SSSR count). The zero-order valence-corrected chi connectivity index (χ0v) is 20.9. The van der Waals surface area contributed by atoms with Crippen LogP contribution in [0, 0.1) is 0 Å². The van der Waals surface area contributed by atoms with Crippen LogP contribution in [0.2, 0.25) is 10.3 Å². The number of fused-ring (bicyclic) bond motifs is 1. The number of hydrogen-bond acceptors (Lipinski definition) is 3. The Morgan fingerprint density at radius 3 is 2.24 bits per heavy atom. The van der Waals surface area contributed by atoms with Crippen molar-refractivity contribution in [3.63, 3.8) is 0 Å². The third-order valence-corrected chi connectivity index (χ3v) is 6.38. The fraction of sp³-hybridized carbons (Fsp3) is 0.103. The van der Waals surface area contributed by atoms with Gasteiger partial charge in [0.05, 0.1) is 11.1 Å². The van der Waals surface area contributed by atoms with Crippen LogP contribution in [-0.4, -0.2) is 9.97 Å². The first-order chi connectivity index (χ1) is 17.8.